The molecule has 0 saturated carbocycles. The Labute approximate surface area is 139 Å². The molecule has 3 aromatic rings. The van der Waals surface area contributed by atoms with E-state index >= 15 is 0 Å². The molecular formula is C19H18N2O3. The molecular weight excluding hydrogens is 304 g/mol. The zero-order chi connectivity index (χ0) is 17.1. The summed E-state index contributed by atoms with van der Waals surface area (Å²) in [5, 5.41) is 3.84. The molecule has 0 spiro atoms. The number of hydrogen-bond acceptors (Lipinski definition) is 3. The lowest BCUT2D eigenvalue weighted by Crippen LogP contribution is -2.18. The summed E-state index contributed by atoms with van der Waals surface area (Å²) in [5.41, 5.74) is 2.15. The molecule has 1 heterocycles. The van der Waals surface area contributed by atoms with Gasteiger partial charge in [0.05, 0.1) is 7.11 Å². The molecule has 1 N–H and O–H groups in total. The molecule has 0 radical (unpaired) electrons. The molecule has 122 valence electrons. The number of methoxy groups -OCH3 is 1. The van der Waals surface area contributed by atoms with Crippen molar-refractivity contribution in [1.29, 1.82) is 0 Å². The first-order valence-electron chi connectivity index (χ1n) is 7.60. The number of nitrogens with one attached hydrogen (secondary N) is 1. The smallest absolute Gasteiger partial charge is 0.244 e. The Hall–Kier alpha value is -3.08. The van der Waals surface area contributed by atoms with E-state index in [-0.39, 0.29) is 18.2 Å². The van der Waals surface area contributed by atoms with Gasteiger partial charge >= 0.3 is 0 Å². The number of fused-ring (bicyclic) bond motifs is 1. The molecule has 0 unspecified atom stereocenters. The summed E-state index contributed by atoms with van der Waals surface area (Å²) >= 11 is 0. The fourth-order valence-electron chi connectivity index (χ4n) is 2.61. The Balaban J connectivity index is 1.75. The van der Waals surface area contributed by atoms with Gasteiger partial charge in [-0.1, -0.05) is 12.1 Å². The maximum absolute atomic E-state index is 12.3. The van der Waals surface area contributed by atoms with Gasteiger partial charge in [-0.3, -0.25) is 9.59 Å². The first kappa shape index (κ1) is 15.8. The van der Waals surface area contributed by atoms with Crippen LogP contribution in [0.4, 0.5) is 5.69 Å². The van der Waals surface area contributed by atoms with Gasteiger partial charge in [0.1, 0.15) is 12.3 Å². The third kappa shape index (κ3) is 3.30. The topological polar surface area (TPSA) is 60.3 Å². The molecule has 0 aliphatic rings. The second-order valence-corrected chi connectivity index (χ2v) is 5.55. The highest BCUT2D eigenvalue weighted by Crippen LogP contribution is 2.22. The fourth-order valence-corrected chi connectivity index (χ4v) is 2.61. The molecule has 0 bridgehead atoms. The minimum atomic E-state index is -0.149. The zero-order valence-corrected chi connectivity index (χ0v) is 13.6. The Bertz CT molecular complexity index is 912. The maximum Gasteiger partial charge on any atom is 0.244 e. The van der Waals surface area contributed by atoms with E-state index < -0.39 is 0 Å². The van der Waals surface area contributed by atoms with Crippen molar-refractivity contribution in [2.45, 2.75) is 13.5 Å². The van der Waals surface area contributed by atoms with Crippen LogP contribution in [0.15, 0.2) is 54.7 Å². The van der Waals surface area contributed by atoms with E-state index in [1.165, 1.54) is 6.92 Å². The Kier molecular flexibility index (Phi) is 4.33. The molecule has 0 aliphatic carbocycles. The van der Waals surface area contributed by atoms with Crippen LogP contribution in [-0.4, -0.2) is 23.4 Å². The molecule has 0 atom stereocenters. The van der Waals surface area contributed by atoms with E-state index in [1.807, 2.05) is 35.0 Å². The quantitative estimate of drug-likeness (QED) is 0.732. The highest BCUT2D eigenvalue weighted by atomic mass is 16.5. The average molecular weight is 322 g/mol. The van der Waals surface area contributed by atoms with Crippen LogP contribution < -0.4 is 10.1 Å². The van der Waals surface area contributed by atoms with Crippen LogP contribution in [-0.2, 0) is 11.3 Å². The predicted octanol–water partition coefficient (Wildman–Crippen LogP) is 3.49. The van der Waals surface area contributed by atoms with E-state index in [0.717, 1.165) is 16.7 Å². The van der Waals surface area contributed by atoms with Gasteiger partial charge in [-0.2, -0.15) is 0 Å². The third-order valence-corrected chi connectivity index (χ3v) is 3.84. The first-order chi connectivity index (χ1) is 11.6. The van der Waals surface area contributed by atoms with Gasteiger partial charge in [0.15, 0.2) is 5.78 Å². The summed E-state index contributed by atoms with van der Waals surface area (Å²) in [6.07, 6.45) is 1.87. The van der Waals surface area contributed by atoms with Crippen LogP contribution in [0.5, 0.6) is 5.75 Å². The van der Waals surface area contributed by atoms with Crippen LogP contribution in [0.3, 0.4) is 0 Å². The number of ketones is 1. The summed E-state index contributed by atoms with van der Waals surface area (Å²) in [5.74, 6) is 0.603. The van der Waals surface area contributed by atoms with Crippen molar-refractivity contribution in [3.63, 3.8) is 0 Å². The van der Waals surface area contributed by atoms with Gasteiger partial charge in [-0.05, 0) is 43.3 Å². The molecule has 5 heteroatoms. The molecule has 0 saturated heterocycles. The molecule has 2 aromatic carbocycles. The molecule has 0 aliphatic heterocycles. The van der Waals surface area contributed by atoms with Crippen molar-refractivity contribution in [2.24, 2.45) is 0 Å². The van der Waals surface area contributed by atoms with Crippen molar-refractivity contribution in [3.05, 3.63) is 60.3 Å². The molecule has 1 aromatic heterocycles. The second-order valence-electron chi connectivity index (χ2n) is 5.55. The first-order valence-corrected chi connectivity index (χ1v) is 7.60. The van der Waals surface area contributed by atoms with Crippen LogP contribution >= 0.6 is 0 Å². The largest absolute Gasteiger partial charge is 0.497 e. The lowest BCUT2D eigenvalue weighted by atomic mass is 10.1. The average Bonchev–Trinajstić information content (AvgIpc) is 2.97. The predicted molar refractivity (Wildman–Crippen MR) is 93.6 cm³/mol. The summed E-state index contributed by atoms with van der Waals surface area (Å²) in [4.78, 5) is 23.7. The van der Waals surface area contributed by atoms with Gasteiger partial charge in [0.25, 0.3) is 0 Å². The lowest BCUT2D eigenvalue weighted by molar-refractivity contribution is -0.116. The van der Waals surface area contributed by atoms with Crippen LogP contribution in [0.1, 0.15) is 17.3 Å². The minimum absolute atomic E-state index is 0.0311. The van der Waals surface area contributed by atoms with Gasteiger partial charge in [0, 0.05) is 28.4 Å². The lowest BCUT2D eigenvalue weighted by Gasteiger charge is -2.08. The number of Topliss-reactive ketones (excluding diaryl/α,β-unsaturated/α-hetero) is 1. The van der Waals surface area contributed by atoms with Crippen LogP contribution in [0, 0.1) is 0 Å². The second kappa shape index (κ2) is 6.58. The number of rotatable bonds is 5. The van der Waals surface area contributed by atoms with Gasteiger partial charge in [-0.15, -0.1) is 0 Å². The van der Waals surface area contributed by atoms with Gasteiger partial charge < -0.3 is 14.6 Å². The van der Waals surface area contributed by atoms with Crippen molar-refractivity contribution >= 4 is 28.3 Å². The molecule has 5 nitrogen and oxygen atoms in total. The summed E-state index contributed by atoms with van der Waals surface area (Å²) in [7, 11) is 1.63. The Morgan fingerprint density at radius 2 is 1.96 bits per heavy atom. The number of carbonyl (C=O) groups excluding carboxylic acids is 2. The normalized spacial score (nSPS) is 10.6. The third-order valence-electron chi connectivity index (χ3n) is 3.84. The number of nitrogens with zero attached hydrogens (tertiary/aromatic N) is 1. The number of amides is 1. The number of aromatic nitrogens is 1. The highest BCUT2D eigenvalue weighted by Gasteiger charge is 2.08. The number of hydrogen-bond donors (Lipinski definition) is 1. The highest BCUT2D eigenvalue weighted by molar-refractivity contribution is 5.97. The van der Waals surface area contributed by atoms with E-state index in [2.05, 4.69) is 5.32 Å². The van der Waals surface area contributed by atoms with Crippen LogP contribution in [0.25, 0.3) is 10.9 Å². The van der Waals surface area contributed by atoms with Crippen LogP contribution in [0.2, 0.25) is 0 Å². The SMILES string of the molecule is COc1ccc2c(ccn2CC(=O)Nc2cccc(C(C)=O)c2)c1. The monoisotopic (exact) mass is 322 g/mol. The molecule has 0 fully saturated rings. The van der Waals surface area contributed by atoms with Crippen molar-refractivity contribution < 1.29 is 14.3 Å². The van der Waals surface area contributed by atoms with Crippen molar-refractivity contribution in [2.75, 3.05) is 12.4 Å². The zero-order valence-electron chi connectivity index (χ0n) is 13.6. The summed E-state index contributed by atoms with van der Waals surface area (Å²) in [6, 6.07) is 14.6. The van der Waals surface area contributed by atoms with E-state index in [1.54, 1.807) is 31.4 Å². The fraction of sp³-hybridized carbons (Fsp3) is 0.158. The Morgan fingerprint density at radius 1 is 1.12 bits per heavy atom. The molecule has 1 amide bonds. The van der Waals surface area contributed by atoms with Gasteiger partial charge in [0.2, 0.25) is 5.91 Å². The molecule has 3 rings (SSSR count). The van der Waals surface area contributed by atoms with Crippen molar-refractivity contribution in [3.8, 4) is 5.75 Å². The summed E-state index contributed by atoms with van der Waals surface area (Å²) < 4.78 is 7.08. The maximum atomic E-state index is 12.3. The van der Waals surface area contributed by atoms with E-state index in [0.29, 0.717) is 11.3 Å². The number of anilines is 1. The number of benzene rings is 2. The van der Waals surface area contributed by atoms with Gasteiger partial charge in [-0.25, -0.2) is 0 Å². The number of carbonyl (C=O) groups is 2. The van der Waals surface area contributed by atoms with E-state index in [4.69, 9.17) is 4.74 Å². The summed E-state index contributed by atoms with van der Waals surface area (Å²) in [6.45, 7) is 1.70. The minimum Gasteiger partial charge on any atom is -0.497 e. The standard InChI is InChI=1S/C19H18N2O3/c1-13(22)14-4-3-5-16(10-14)20-19(23)12-21-9-8-15-11-17(24-2)6-7-18(15)21/h3-11H,12H2,1-2H3,(H,20,23). The Morgan fingerprint density at radius 3 is 2.71 bits per heavy atom. The van der Waals surface area contributed by atoms with E-state index in [9.17, 15) is 9.59 Å². The van der Waals surface area contributed by atoms with Crippen molar-refractivity contribution in [1.82, 2.24) is 4.57 Å². The number of ether oxygens (including phenoxy) is 1. The molecule has 24 heavy (non-hydrogen) atoms.